The first-order valence-electron chi connectivity index (χ1n) is 5.34. The lowest BCUT2D eigenvalue weighted by atomic mass is 9.56. The molecule has 2 aliphatic rings. The van der Waals surface area contributed by atoms with Crippen LogP contribution in [0.1, 0.15) is 43.7 Å². The molecule has 1 aromatic carbocycles. The topological polar surface area (TPSA) is 0 Å². The summed E-state index contributed by atoms with van der Waals surface area (Å²) in [7, 11) is 0. The van der Waals surface area contributed by atoms with Gasteiger partial charge in [0.2, 0.25) is 0 Å². The molecule has 3 atom stereocenters. The highest BCUT2D eigenvalue weighted by molar-refractivity contribution is 5.51. The molecule has 0 aliphatic heterocycles. The molecule has 0 aromatic heterocycles. The molecule has 1 aromatic rings. The van der Waals surface area contributed by atoms with Crippen LogP contribution >= 0.6 is 0 Å². The first-order chi connectivity index (χ1) is 6.24. The van der Waals surface area contributed by atoms with Gasteiger partial charge in [-0.15, -0.1) is 0 Å². The Labute approximate surface area is 80.0 Å². The molecule has 0 heteroatoms. The molecule has 3 rings (SSSR count). The second kappa shape index (κ2) is 2.17. The number of rotatable bonds is 0. The fraction of sp³-hybridized carbons (Fsp3) is 0.538. The Morgan fingerprint density at radius 1 is 1.23 bits per heavy atom. The number of benzene rings is 1. The minimum absolute atomic E-state index is 0.524. The van der Waals surface area contributed by atoms with E-state index in [1.54, 1.807) is 11.1 Å². The van der Waals surface area contributed by atoms with E-state index in [-0.39, 0.29) is 0 Å². The molecule has 0 saturated heterocycles. The van der Waals surface area contributed by atoms with E-state index < -0.39 is 0 Å². The molecule has 0 heterocycles. The Balaban J connectivity index is 2.18. The van der Waals surface area contributed by atoms with Crippen molar-refractivity contribution in [3.05, 3.63) is 35.4 Å². The van der Waals surface area contributed by atoms with Crippen molar-refractivity contribution in [3.8, 4) is 0 Å². The van der Waals surface area contributed by atoms with Crippen molar-refractivity contribution >= 4 is 0 Å². The Kier molecular flexibility index (Phi) is 1.27. The number of hydrogen-bond acceptors (Lipinski definition) is 0. The monoisotopic (exact) mass is 172 g/mol. The van der Waals surface area contributed by atoms with E-state index in [0.29, 0.717) is 5.41 Å². The molecule has 13 heavy (non-hydrogen) atoms. The summed E-state index contributed by atoms with van der Waals surface area (Å²) < 4.78 is 0. The SMILES string of the molecule is CC1CCC2c3ccccc3C12C. The summed E-state index contributed by atoms with van der Waals surface area (Å²) in [6, 6.07) is 9.01. The van der Waals surface area contributed by atoms with E-state index in [1.807, 2.05) is 0 Å². The smallest absolute Gasteiger partial charge is 0.00219 e. The van der Waals surface area contributed by atoms with Crippen LogP contribution in [0.15, 0.2) is 24.3 Å². The van der Waals surface area contributed by atoms with Crippen molar-refractivity contribution in [1.82, 2.24) is 0 Å². The molecule has 3 unspecified atom stereocenters. The molecular formula is C13H16. The standard InChI is InChI=1S/C13H16/c1-9-7-8-12-10-5-3-4-6-11(10)13(9,12)2/h3-6,9,12H,7-8H2,1-2H3. The van der Waals surface area contributed by atoms with E-state index in [1.165, 1.54) is 12.8 Å². The third kappa shape index (κ3) is 0.688. The summed E-state index contributed by atoms with van der Waals surface area (Å²) in [6.45, 7) is 4.87. The third-order valence-corrected chi connectivity index (χ3v) is 4.55. The molecule has 68 valence electrons. The molecule has 0 amide bonds. The summed E-state index contributed by atoms with van der Waals surface area (Å²) in [6.07, 6.45) is 2.82. The predicted molar refractivity (Wildman–Crippen MR) is 54.9 cm³/mol. The van der Waals surface area contributed by atoms with E-state index in [4.69, 9.17) is 0 Å². The van der Waals surface area contributed by atoms with Crippen molar-refractivity contribution in [1.29, 1.82) is 0 Å². The number of hydrogen-bond donors (Lipinski definition) is 0. The van der Waals surface area contributed by atoms with Crippen LogP contribution in [0.2, 0.25) is 0 Å². The van der Waals surface area contributed by atoms with Crippen molar-refractivity contribution in [3.63, 3.8) is 0 Å². The van der Waals surface area contributed by atoms with Gasteiger partial charge < -0.3 is 0 Å². The summed E-state index contributed by atoms with van der Waals surface area (Å²) in [5, 5.41) is 0. The lowest BCUT2D eigenvalue weighted by molar-refractivity contribution is 0.291. The predicted octanol–water partition coefficient (Wildman–Crippen LogP) is 3.47. The van der Waals surface area contributed by atoms with Crippen LogP contribution < -0.4 is 0 Å². The first kappa shape index (κ1) is 7.61. The lowest BCUT2D eigenvalue weighted by Gasteiger charge is -2.47. The van der Waals surface area contributed by atoms with Crippen molar-refractivity contribution in [2.24, 2.45) is 5.92 Å². The van der Waals surface area contributed by atoms with Crippen LogP contribution in [0, 0.1) is 5.92 Å². The van der Waals surface area contributed by atoms with Crippen LogP contribution in [0.25, 0.3) is 0 Å². The van der Waals surface area contributed by atoms with Gasteiger partial charge in [0.25, 0.3) is 0 Å². The van der Waals surface area contributed by atoms with Crippen LogP contribution in [0.5, 0.6) is 0 Å². The fourth-order valence-corrected chi connectivity index (χ4v) is 3.51. The van der Waals surface area contributed by atoms with E-state index in [9.17, 15) is 0 Å². The van der Waals surface area contributed by atoms with Crippen LogP contribution in [0.4, 0.5) is 0 Å². The minimum Gasteiger partial charge on any atom is -0.0620 e. The van der Waals surface area contributed by atoms with Gasteiger partial charge in [-0.3, -0.25) is 0 Å². The number of fused-ring (bicyclic) bond motifs is 4. The Morgan fingerprint density at radius 3 is 2.85 bits per heavy atom. The van der Waals surface area contributed by atoms with E-state index in [2.05, 4.69) is 38.1 Å². The normalized spacial score (nSPS) is 40.8. The van der Waals surface area contributed by atoms with Gasteiger partial charge in [-0.25, -0.2) is 0 Å². The van der Waals surface area contributed by atoms with Crippen molar-refractivity contribution in [2.75, 3.05) is 0 Å². The minimum atomic E-state index is 0.524. The molecule has 2 aliphatic carbocycles. The second-order valence-corrected chi connectivity index (χ2v) is 4.90. The third-order valence-electron chi connectivity index (χ3n) is 4.55. The van der Waals surface area contributed by atoms with Gasteiger partial charge in [0.05, 0.1) is 0 Å². The zero-order valence-corrected chi connectivity index (χ0v) is 8.38. The first-order valence-corrected chi connectivity index (χ1v) is 5.34. The molecule has 0 nitrogen and oxygen atoms in total. The highest BCUT2D eigenvalue weighted by Crippen LogP contribution is 2.63. The van der Waals surface area contributed by atoms with Gasteiger partial charge in [-0.1, -0.05) is 38.1 Å². The van der Waals surface area contributed by atoms with Gasteiger partial charge in [0.15, 0.2) is 0 Å². The average molecular weight is 172 g/mol. The van der Waals surface area contributed by atoms with Gasteiger partial charge in [0, 0.05) is 5.41 Å². The van der Waals surface area contributed by atoms with Crippen molar-refractivity contribution in [2.45, 2.75) is 38.0 Å². The van der Waals surface area contributed by atoms with Crippen LogP contribution in [-0.2, 0) is 5.41 Å². The van der Waals surface area contributed by atoms with E-state index >= 15 is 0 Å². The molecule has 0 spiro atoms. The van der Waals surface area contributed by atoms with Crippen LogP contribution in [-0.4, -0.2) is 0 Å². The highest BCUT2D eigenvalue weighted by Gasteiger charge is 2.54. The lowest BCUT2D eigenvalue weighted by Crippen LogP contribution is -2.40. The second-order valence-electron chi connectivity index (χ2n) is 4.90. The van der Waals surface area contributed by atoms with E-state index in [0.717, 1.165) is 11.8 Å². The Morgan fingerprint density at radius 2 is 2.00 bits per heavy atom. The molecule has 0 N–H and O–H groups in total. The van der Waals surface area contributed by atoms with Gasteiger partial charge >= 0.3 is 0 Å². The van der Waals surface area contributed by atoms with Gasteiger partial charge in [0.1, 0.15) is 0 Å². The molecular weight excluding hydrogens is 156 g/mol. The van der Waals surface area contributed by atoms with Gasteiger partial charge in [-0.05, 0) is 35.8 Å². The molecule has 0 radical (unpaired) electrons. The molecule has 0 bridgehead atoms. The summed E-state index contributed by atoms with van der Waals surface area (Å²) in [5.41, 5.74) is 3.79. The fourth-order valence-electron chi connectivity index (χ4n) is 3.51. The maximum absolute atomic E-state index is 2.46. The average Bonchev–Trinajstić information content (AvgIpc) is 2.39. The molecule has 1 fully saturated rings. The largest absolute Gasteiger partial charge is 0.0620 e. The maximum Gasteiger partial charge on any atom is 0.00219 e. The zero-order valence-electron chi connectivity index (χ0n) is 8.38. The van der Waals surface area contributed by atoms with Crippen LogP contribution in [0.3, 0.4) is 0 Å². The summed E-state index contributed by atoms with van der Waals surface area (Å²) in [4.78, 5) is 0. The Hall–Kier alpha value is -0.780. The molecule has 1 saturated carbocycles. The highest BCUT2D eigenvalue weighted by atomic mass is 14.6. The van der Waals surface area contributed by atoms with Gasteiger partial charge in [-0.2, -0.15) is 0 Å². The zero-order chi connectivity index (χ0) is 9.05. The Bertz CT molecular complexity index is 353. The summed E-state index contributed by atoms with van der Waals surface area (Å²) in [5.74, 6) is 1.76. The maximum atomic E-state index is 2.46. The quantitative estimate of drug-likeness (QED) is 0.562. The summed E-state index contributed by atoms with van der Waals surface area (Å²) >= 11 is 0. The van der Waals surface area contributed by atoms with Crippen molar-refractivity contribution < 1.29 is 0 Å².